The Morgan fingerprint density at radius 1 is 0.960 bits per heavy atom. The maximum Gasteiger partial charge on any atom is 0.282 e. The molecule has 4 heteroatoms. The number of aromatic hydroxyl groups is 1. The molecule has 0 aromatic heterocycles. The fourth-order valence-corrected chi connectivity index (χ4v) is 5.86. The normalized spacial score (nSPS) is 18.2. The van der Waals surface area contributed by atoms with E-state index in [9.17, 15) is 9.67 Å². The Kier molecular flexibility index (Phi) is 3.70. The van der Waals surface area contributed by atoms with Crippen LogP contribution in [0.5, 0.6) is 11.5 Å². The van der Waals surface area contributed by atoms with Crippen LogP contribution < -0.4 is 9.83 Å². The third-order valence-electron chi connectivity index (χ3n) is 4.60. The Morgan fingerprint density at radius 3 is 2.44 bits per heavy atom. The van der Waals surface area contributed by atoms with Gasteiger partial charge in [0.25, 0.3) is 7.37 Å². The highest BCUT2D eigenvalue weighted by Gasteiger charge is 2.36. The van der Waals surface area contributed by atoms with Crippen molar-refractivity contribution in [2.75, 3.05) is 0 Å². The lowest BCUT2D eigenvalue weighted by Crippen LogP contribution is -2.19. The fourth-order valence-electron chi connectivity index (χ4n) is 3.49. The van der Waals surface area contributed by atoms with Crippen molar-refractivity contribution in [1.82, 2.24) is 0 Å². The second-order valence-corrected chi connectivity index (χ2v) is 8.85. The van der Waals surface area contributed by atoms with E-state index in [-0.39, 0.29) is 11.9 Å². The van der Waals surface area contributed by atoms with Crippen molar-refractivity contribution in [2.45, 2.75) is 20.0 Å². The van der Waals surface area contributed by atoms with Crippen LogP contribution in [-0.4, -0.2) is 5.11 Å². The molecule has 4 rings (SSSR count). The molecule has 0 aliphatic carbocycles. The van der Waals surface area contributed by atoms with Gasteiger partial charge in [-0.1, -0.05) is 54.1 Å². The molecular formula is C21H19O3P. The van der Waals surface area contributed by atoms with Gasteiger partial charge in [0.2, 0.25) is 0 Å². The van der Waals surface area contributed by atoms with Crippen LogP contribution >= 0.6 is 7.37 Å². The Bertz CT molecular complexity index is 1020. The van der Waals surface area contributed by atoms with Gasteiger partial charge >= 0.3 is 0 Å². The van der Waals surface area contributed by atoms with Gasteiger partial charge in [-0.25, -0.2) is 0 Å². The number of hydrogen-bond donors (Lipinski definition) is 1. The van der Waals surface area contributed by atoms with Gasteiger partial charge in [0.05, 0.1) is 11.5 Å². The molecule has 1 heterocycles. The molecule has 1 aliphatic rings. The first-order valence-electron chi connectivity index (χ1n) is 8.25. The van der Waals surface area contributed by atoms with Crippen molar-refractivity contribution in [3.05, 3.63) is 77.4 Å². The summed E-state index contributed by atoms with van der Waals surface area (Å²) in [6.45, 7) is 3.82. The van der Waals surface area contributed by atoms with Crippen LogP contribution in [0.2, 0.25) is 0 Å². The van der Waals surface area contributed by atoms with Gasteiger partial charge in [0.1, 0.15) is 11.5 Å². The number of aryl methyl sites for hydroxylation is 2. The molecule has 3 nitrogen and oxygen atoms in total. The second-order valence-electron chi connectivity index (χ2n) is 6.53. The molecule has 0 amide bonds. The quantitative estimate of drug-likeness (QED) is 0.649. The Morgan fingerprint density at radius 2 is 1.64 bits per heavy atom. The van der Waals surface area contributed by atoms with E-state index in [4.69, 9.17) is 4.52 Å². The standard InChI is InChI=1S/C21H19O3P/c1-14-11-15(2)21(22)16(12-14)13-25(23)20-10-6-4-8-18(20)17-7-3-5-9-19(17)24-25/h3-12,22H,13H2,1-2H3. The van der Waals surface area contributed by atoms with Crippen LogP contribution in [0, 0.1) is 13.8 Å². The van der Waals surface area contributed by atoms with Gasteiger partial charge < -0.3 is 9.63 Å². The number of para-hydroxylation sites is 1. The first-order valence-corrected chi connectivity index (χ1v) is 10.1. The average molecular weight is 350 g/mol. The minimum atomic E-state index is -3.18. The molecule has 0 spiro atoms. The van der Waals surface area contributed by atoms with Crippen molar-refractivity contribution in [1.29, 1.82) is 0 Å². The Labute approximate surface area is 147 Å². The maximum absolute atomic E-state index is 13.8. The molecule has 1 atom stereocenters. The van der Waals surface area contributed by atoms with E-state index in [0.29, 0.717) is 16.6 Å². The zero-order valence-electron chi connectivity index (χ0n) is 14.2. The van der Waals surface area contributed by atoms with Crippen LogP contribution in [0.4, 0.5) is 0 Å². The summed E-state index contributed by atoms with van der Waals surface area (Å²) in [6.07, 6.45) is 0.173. The highest BCUT2D eigenvalue weighted by atomic mass is 31.2. The van der Waals surface area contributed by atoms with Crippen molar-refractivity contribution in [3.63, 3.8) is 0 Å². The van der Waals surface area contributed by atoms with Gasteiger partial charge in [0, 0.05) is 11.1 Å². The lowest BCUT2D eigenvalue weighted by atomic mass is 10.0. The van der Waals surface area contributed by atoms with Gasteiger partial charge in [-0.3, -0.25) is 4.57 Å². The zero-order chi connectivity index (χ0) is 17.6. The Hall–Kier alpha value is -2.51. The summed E-state index contributed by atoms with van der Waals surface area (Å²) < 4.78 is 19.9. The summed E-state index contributed by atoms with van der Waals surface area (Å²) in [4.78, 5) is 0. The highest BCUT2D eigenvalue weighted by molar-refractivity contribution is 7.67. The highest BCUT2D eigenvalue weighted by Crippen LogP contribution is 2.57. The third-order valence-corrected chi connectivity index (χ3v) is 6.97. The monoisotopic (exact) mass is 350 g/mol. The molecule has 1 N–H and O–H groups in total. The van der Waals surface area contributed by atoms with Crippen LogP contribution in [0.1, 0.15) is 16.7 Å². The van der Waals surface area contributed by atoms with Gasteiger partial charge in [-0.2, -0.15) is 0 Å². The average Bonchev–Trinajstić information content (AvgIpc) is 2.59. The third kappa shape index (κ3) is 2.65. The van der Waals surface area contributed by atoms with E-state index in [0.717, 1.165) is 22.3 Å². The first-order chi connectivity index (χ1) is 12.0. The molecule has 1 unspecified atom stereocenters. The molecule has 25 heavy (non-hydrogen) atoms. The van der Waals surface area contributed by atoms with Crippen LogP contribution in [0.25, 0.3) is 11.1 Å². The number of fused-ring (bicyclic) bond motifs is 3. The minimum Gasteiger partial charge on any atom is -0.507 e. The predicted octanol–water partition coefficient (Wildman–Crippen LogP) is 5.17. The molecular weight excluding hydrogens is 331 g/mol. The first kappa shape index (κ1) is 16.0. The largest absolute Gasteiger partial charge is 0.507 e. The molecule has 126 valence electrons. The molecule has 3 aromatic carbocycles. The lowest BCUT2D eigenvalue weighted by Gasteiger charge is -2.29. The van der Waals surface area contributed by atoms with Crippen LogP contribution in [-0.2, 0) is 10.7 Å². The van der Waals surface area contributed by atoms with Gasteiger partial charge in [-0.15, -0.1) is 0 Å². The van der Waals surface area contributed by atoms with Gasteiger partial charge in [-0.05, 0) is 37.1 Å². The summed E-state index contributed by atoms with van der Waals surface area (Å²) in [5, 5.41) is 11.1. The topological polar surface area (TPSA) is 46.5 Å². The molecule has 0 bridgehead atoms. The summed E-state index contributed by atoms with van der Waals surface area (Å²) in [5.74, 6) is 0.828. The molecule has 0 radical (unpaired) electrons. The molecule has 0 saturated carbocycles. The van der Waals surface area contributed by atoms with E-state index in [1.54, 1.807) is 0 Å². The summed E-state index contributed by atoms with van der Waals surface area (Å²) in [7, 11) is -3.18. The lowest BCUT2D eigenvalue weighted by molar-refractivity contribution is 0.461. The molecule has 0 fully saturated rings. The summed E-state index contributed by atoms with van der Waals surface area (Å²) in [5.41, 5.74) is 4.37. The number of rotatable bonds is 2. The smallest absolute Gasteiger partial charge is 0.282 e. The van der Waals surface area contributed by atoms with E-state index in [1.165, 1.54) is 0 Å². The van der Waals surface area contributed by atoms with Gasteiger partial charge in [0.15, 0.2) is 0 Å². The second kappa shape index (κ2) is 5.79. The van der Waals surface area contributed by atoms with E-state index >= 15 is 0 Å². The summed E-state index contributed by atoms with van der Waals surface area (Å²) in [6, 6.07) is 19.1. The fraction of sp³-hybridized carbons (Fsp3) is 0.143. The number of hydrogen-bond acceptors (Lipinski definition) is 3. The SMILES string of the molecule is Cc1cc(C)c(O)c(CP2(=O)Oc3ccccc3-c3ccccc32)c1. The van der Waals surface area contributed by atoms with Crippen molar-refractivity contribution >= 4 is 12.7 Å². The van der Waals surface area contributed by atoms with E-state index < -0.39 is 7.37 Å². The van der Waals surface area contributed by atoms with Crippen molar-refractivity contribution in [2.24, 2.45) is 0 Å². The van der Waals surface area contributed by atoms with Crippen LogP contribution in [0.15, 0.2) is 60.7 Å². The van der Waals surface area contributed by atoms with E-state index in [1.807, 2.05) is 74.5 Å². The Balaban J connectivity index is 1.87. The molecule has 0 saturated heterocycles. The number of phenolic OH excluding ortho intramolecular Hbond substituents is 1. The number of benzene rings is 3. The zero-order valence-corrected chi connectivity index (χ0v) is 15.1. The summed E-state index contributed by atoms with van der Waals surface area (Å²) >= 11 is 0. The maximum atomic E-state index is 13.8. The minimum absolute atomic E-state index is 0.173. The van der Waals surface area contributed by atoms with E-state index in [2.05, 4.69) is 0 Å². The van der Waals surface area contributed by atoms with Crippen LogP contribution in [0.3, 0.4) is 0 Å². The molecule has 1 aliphatic heterocycles. The van der Waals surface area contributed by atoms with Crippen molar-refractivity contribution in [3.8, 4) is 22.6 Å². The predicted molar refractivity (Wildman–Crippen MR) is 101 cm³/mol. The molecule has 3 aromatic rings. The number of phenols is 1. The van der Waals surface area contributed by atoms with Crippen molar-refractivity contribution < 1.29 is 14.2 Å².